The Bertz CT molecular complexity index is 892. The first kappa shape index (κ1) is 19.4. The number of hydrogen-bond donors (Lipinski definition) is 1. The Labute approximate surface area is 165 Å². The van der Waals surface area contributed by atoms with Crippen molar-refractivity contribution in [1.29, 1.82) is 0 Å². The number of carbonyl (C=O) groups is 1. The lowest BCUT2D eigenvalue weighted by atomic mass is 10.1. The van der Waals surface area contributed by atoms with Gasteiger partial charge in [-0.2, -0.15) is 0 Å². The lowest BCUT2D eigenvalue weighted by Crippen LogP contribution is -2.29. The highest BCUT2D eigenvalue weighted by molar-refractivity contribution is 7.22. The van der Waals surface area contributed by atoms with Gasteiger partial charge in [0.15, 0.2) is 5.13 Å². The third-order valence-electron chi connectivity index (χ3n) is 4.69. The Morgan fingerprint density at radius 3 is 2.48 bits per heavy atom. The second-order valence-electron chi connectivity index (χ2n) is 7.08. The number of hydrogen-bond acceptors (Lipinski definition) is 4. The number of amides is 1. The summed E-state index contributed by atoms with van der Waals surface area (Å²) >= 11 is 1.64. The molecule has 1 N–H and O–H groups in total. The average Bonchev–Trinajstić information content (AvgIpc) is 3.11. The molecule has 1 heterocycles. The third-order valence-corrected chi connectivity index (χ3v) is 6.00. The largest absolute Gasteiger partial charge is 0.342 e. The quantitative estimate of drug-likeness (QED) is 0.601. The number of thiazole rings is 1. The van der Waals surface area contributed by atoms with Gasteiger partial charge in [-0.25, -0.2) is 4.98 Å². The average molecular weight is 382 g/mol. The molecule has 0 unspecified atom stereocenters. The van der Waals surface area contributed by atoms with Crippen LogP contribution in [-0.4, -0.2) is 24.5 Å². The number of nitrogens with one attached hydrogen (secondary N) is 1. The van der Waals surface area contributed by atoms with E-state index in [1.54, 1.807) is 11.3 Å². The first-order chi connectivity index (χ1) is 13.0. The SMILES string of the molecule is CCCCc1ccc(NC(=O)CN(C)c2nc3c(C)ccc(C)c3s2)cc1. The van der Waals surface area contributed by atoms with Gasteiger partial charge in [-0.1, -0.05) is 48.9 Å². The van der Waals surface area contributed by atoms with Crippen LogP contribution in [0, 0.1) is 13.8 Å². The summed E-state index contributed by atoms with van der Waals surface area (Å²) in [5.74, 6) is -0.0356. The molecule has 0 saturated carbocycles. The first-order valence-corrected chi connectivity index (χ1v) is 10.3. The van der Waals surface area contributed by atoms with Gasteiger partial charge in [-0.15, -0.1) is 0 Å². The molecule has 1 aromatic heterocycles. The van der Waals surface area contributed by atoms with E-state index in [4.69, 9.17) is 4.98 Å². The number of rotatable bonds is 7. The van der Waals surface area contributed by atoms with Crippen molar-refractivity contribution in [2.24, 2.45) is 0 Å². The Hall–Kier alpha value is -2.40. The van der Waals surface area contributed by atoms with Crippen molar-refractivity contribution >= 4 is 38.3 Å². The summed E-state index contributed by atoms with van der Waals surface area (Å²) in [6, 6.07) is 12.4. The number of aromatic nitrogens is 1. The van der Waals surface area contributed by atoms with Gasteiger partial charge < -0.3 is 10.2 Å². The van der Waals surface area contributed by atoms with Crippen molar-refractivity contribution in [3.8, 4) is 0 Å². The van der Waals surface area contributed by atoms with E-state index in [1.807, 2.05) is 24.1 Å². The standard InChI is InChI=1S/C22H27N3OS/c1-5-6-7-17-10-12-18(13-11-17)23-19(26)14-25(4)22-24-20-15(2)8-9-16(3)21(20)27-22/h8-13H,5-7,14H2,1-4H3,(H,23,26). The van der Waals surface area contributed by atoms with Crippen LogP contribution >= 0.6 is 11.3 Å². The predicted molar refractivity (Wildman–Crippen MR) is 116 cm³/mol. The summed E-state index contributed by atoms with van der Waals surface area (Å²) < 4.78 is 1.19. The molecule has 0 bridgehead atoms. The molecule has 0 saturated heterocycles. The fourth-order valence-electron chi connectivity index (χ4n) is 3.03. The van der Waals surface area contributed by atoms with Gasteiger partial charge in [-0.05, 0) is 55.5 Å². The van der Waals surface area contributed by atoms with E-state index in [2.05, 4.69) is 50.4 Å². The number of nitrogens with zero attached hydrogens (tertiary/aromatic N) is 2. The van der Waals surface area contributed by atoms with Crippen LogP contribution in [0.3, 0.4) is 0 Å². The molecule has 3 aromatic rings. The number of anilines is 2. The van der Waals surface area contributed by atoms with Crippen molar-refractivity contribution in [3.05, 3.63) is 53.1 Å². The van der Waals surface area contributed by atoms with E-state index in [0.29, 0.717) is 0 Å². The maximum atomic E-state index is 12.4. The molecule has 0 atom stereocenters. The minimum Gasteiger partial charge on any atom is -0.342 e. The molecule has 142 valence electrons. The smallest absolute Gasteiger partial charge is 0.243 e. The summed E-state index contributed by atoms with van der Waals surface area (Å²) in [6.45, 7) is 6.64. The van der Waals surface area contributed by atoms with E-state index >= 15 is 0 Å². The maximum absolute atomic E-state index is 12.4. The van der Waals surface area contributed by atoms with Crippen LogP contribution in [-0.2, 0) is 11.2 Å². The number of likely N-dealkylation sites (N-methyl/N-ethyl adjacent to an activating group) is 1. The molecule has 5 heteroatoms. The Kier molecular flexibility index (Phi) is 6.11. The molecule has 0 spiro atoms. The van der Waals surface area contributed by atoms with Gasteiger partial charge >= 0.3 is 0 Å². The second kappa shape index (κ2) is 8.53. The van der Waals surface area contributed by atoms with E-state index in [1.165, 1.54) is 34.2 Å². The Morgan fingerprint density at radius 1 is 1.11 bits per heavy atom. The first-order valence-electron chi connectivity index (χ1n) is 9.44. The topological polar surface area (TPSA) is 45.2 Å². The van der Waals surface area contributed by atoms with E-state index in [9.17, 15) is 4.79 Å². The summed E-state index contributed by atoms with van der Waals surface area (Å²) in [4.78, 5) is 19.1. The van der Waals surface area contributed by atoms with Crippen molar-refractivity contribution in [1.82, 2.24) is 4.98 Å². The molecule has 0 fully saturated rings. The molecule has 0 aliphatic rings. The number of fused-ring (bicyclic) bond motifs is 1. The molecule has 2 aromatic carbocycles. The summed E-state index contributed by atoms with van der Waals surface area (Å²) in [5, 5.41) is 3.85. The lowest BCUT2D eigenvalue weighted by molar-refractivity contribution is -0.114. The highest BCUT2D eigenvalue weighted by Gasteiger charge is 2.14. The van der Waals surface area contributed by atoms with Crippen molar-refractivity contribution < 1.29 is 4.79 Å². The molecule has 1 amide bonds. The predicted octanol–water partition coefficient (Wildman–Crippen LogP) is 5.33. The van der Waals surface area contributed by atoms with Crippen LogP contribution < -0.4 is 10.2 Å². The van der Waals surface area contributed by atoms with Crippen LogP contribution in [0.5, 0.6) is 0 Å². The number of carbonyl (C=O) groups excluding carboxylic acids is 1. The van der Waals surface area contributed by atoms with E-state index < -0.39 is 0 Å². The molecule has 0 radical (unpaired) electrons. The number of unbranched alkanes of at least 4 members (excludes halogenated alkanes) is 1. The summed E-state index contributed by atoms with van der Waals surface area (Å²) in [5.41, 5.74) is 5.57. The van der Waals surface area contributed by atoms with Gasteiger partial charge in [0.05, 0.1) is 16.8 Å². The van der Waals surface area contributed by atoms with Crippen molar-refractivity contribution in [2.45, 2.75) is 40.0 Å². The van der Waals surface area contributed by atoms with Crippen LogP contribution in [0.4, 0.5) is 10.8 Å². The number of benzene rings is 2. The van der Waals surface area contributed by atoms with Gasteiger partial charge in [0, 0.05) is 12.7 Å². The fourth-order valence-corrected chi connectivity index (χ4v) is 4.10. The van der Waals surface area contributed by atoms with Crippen LogP contribution in [0.2, 0.25) is 0 Å². The summed E-state index contributed by atoms with van der Waals surface area (Å²) in [6.07, 6.45) is 3.47. The van der Waals surface area contributed by atoms with Crippen molar-refractivity contribution in [3.63, 3.8) is 0 Å². The van der Waals surface area contributed by atoms with Gasteiger partial charge in [0.1, 0.15) is 0 Å². The highest BCUT2D eigenvalue weighted by Crippen LogP contribution is 2.32. The molecule has 0 aliphatic heterocycles. The van der Waals surface area contributed by atoms with Crippen molar-refractivity contribution in [2.75, 3.05) is 23.8 Å². The fraction of sp³-hybridized carbons (Fsp3) is 0.364. The number of aryl methyl sites for hydroxylation is 3. The second-order valence-corrected chi connectivity index (χ2v) is 8.06. The van der Waals surface area contributed by atoms with Gasteiger partial charge in [-0.3, -0.25) is 4.79 Å². The molecular weight excluding hydrogens is 354 g/mol. The Morgan fingerprint density at radius 2 is 1.81 bits per heavy atom. The molecule has 0 aliphatic carbocycles. The normalized spacial score (nSPS) is 11.0. The van der Waals surface area contributed by atoms with Gasteiger partial charge in [0.2, 0.25) is 5.91 Å². The van der Waals surface area contributed by atoms with Crippen LogP contribution in [0.1, 0.15) is 36.5 Å². The monoisotopic (exact) mass is 381 g/mol. The minimum absolute atomic E-state index is 0.0356. The minimum atomic E-state index is -0.0356. The van der Waals surface area contributed by atoms with E-state index in [0.717, 1.165) is 22.8 Å². The van der Waals surface area contributed by atoms with Gasteiger partial charge in [0.25, 0.3) is 0 Å². The molecule has 27 heavy (non-hydrogen) atoms. The zero-order valence-electron chi connectivity index (χ0n) is 16.5. The zero-order chi connectivity index (χ0) is 19.4. The molecule has 4 nitrogen and oxygen atoms in total. The third kappa shape index (κ3) is 4.66. The molecule has 3 rings (SSSR count). The van der Waals surface area contributed by atoms with Crippen LogP contribution in [0.15, 0.2) is 36.4 Å². The van der Waals surface area contributed by atoms with E-state index in [-0.39, 0.29) is 12.5 Å². The lowest BCUT2D eigenvalue weighted by Gasteiger charge is -2.15. The zero-order valence-corrected chi connectivity index (χ0v) is 17.3. The van der Waals surface area contributed by atoms with Crippen LogP contribution in [0.25, 0.3) is 10.2 Å². The highest BCUT2D eigenvalue weighted by atomic mass is 32.1. The maximum Gasteiger partial charge on any atom is 0.243 e. The summed E-state index contributed by atoms with van der Waals surface area (Å²) in [7, 11) is 1.91. The molecular formula is C22H27N3OS. The Balaban J connectivity index is 1.64.